The number of carboxylic acid groups (broad SMARTS) is 1. The van der Waals surface area contributed by atoms with Crippen molar-refractivity contribution in [3.8, 4) is 0 Å². The van der Waals surface area contributed by atoms with Crippen molar-refractivity contribution in [1.82, 2.24) is 0 Å². The summed E-state index contributed by atoms with van der Waals surface area (Å²) >= 11 is 7.42. The van der Waals surface area contributed by atoms with Crippen LogP contribution in [0.1, 0.15) is 22.8 Å². The summed E-state index contributed by atoms with van der Waals surface area (Å²) in [7, 11) is 0. The number of thioether (sulfide) groups is 1. The molecule has 1 rings (SSSR count). The molecule has 0 heterocycles. The summed E-state index contributed by atoms with van der Waals surface area (Å²) in [6, 6.07) is 4.99. The fourth-order valence-corrected chi connectivity index (χ4v) is 1.93. The quantitative estimate of drug-likeness (QED) is 0.863. The van der Waals surface area contributed by atoms with E-state index in [1.54, 1.807) is 23.9 Å². The standard InChI is InChI=1S/C10H11ClO2S/c1-2-14-6-7-3-4-8(11)5-9(7)10(12)13/h3-5H,2,6H2,1H3,(H,12,13). The minimum Gasteiger partial charge on any atom is -0.478 e. The van der Waals surface area contributed by atoms with Crippen LogP contribution in [0.2, 0.25) is 5.02 Å². The van der Waals surface area contributed by atoms with E-state index < -0.39 is 5.97 Å². The van der Waals surface area contributed by atoms with E-state index in [2.05, 4.69) is 0 Å². The van der Waals surface area contributed by atoms with Crippen LogP contribution in [0, 0.1) is 0 Å². The molecule has 0 aliphatic heterocycles. The third-order valence-electron chi connectivity index (χ3n) is 1.76. The first-order valence-electron chi connectivity index (χ1n) is 4.24. The second-order valence-electron chi connectivity index (χ2n) is 2.74. The van der Waals surface area contributed by atoms with Crippen molar-refractivity contribution in [1.29, 1.82) is 0 Å². The minimum atomic E-state index is -0.917. The van der Waals surface area contributed by atoms with Crippen LogP contribution >= 0.6 is 23.4 Å². The van der Waals surface area contributed by atoms with Gasteiger partial charge >= 0.3 is 5.97 Å². The van der Waals surface area contributed by atoms with Gasteiger partial charge in [0.25, 0.3) is 0 Å². The van der Waals surface area contributed by atoms with Crippen molar-refractivity contribution < 1.29 is 9.90 Å². The molecule has 0 unspecified atom stereocenters. The maximum Gasteiger partial charge on any atom is 0.336 e. The molecule has 0 saturated carbocycles. The van der Waals surface area contributed by atoms with Crippen molar-refractivity contribution in [2.45, 2.75) is 12.7 Å². The van der Waals surface area contributed by atoms with Crippen LogP contribution < -0.4 is 0 Å². The van der Waals surface area contributed by atoms with E-state index in [4.69, 9.17) is 16.7 Å². The molecule has 76 valence electrons. The zero-order valence-electron chi connectivity index (χ0n) is 7.79. The van der Waals surface area contributed by atoms with Gasteiger partial charge in [0.05, 0.1) is 5.56 Å². The number of rotatable bonds is 4. The van der Waals surface area contributed by atoms with Crippen LogP contribution in [0.15, 0.2) is 18.2 Å². The average molecular weight is 231 g/mol. The fourth-order valence-electron chi connectivity index (χ4n) is 1.09. The van der Waals surface area contributed by atoms with Crippen LogP contribution in [-0.4, -0.2) is 16.8 Å². The summed E-state index contributed by atoms with van der Waals surface area (Å²) in [6.45, 7) is 2.04. The lowest BCUT2D eigenvalue weighted by atomic mass is 10.1. The Morgan fingerprint density at radius 1 is 1.57 bits per heavy atom. The summed E-state index contributed by atoms with van der Waals surface area (Å²) in [5.74, 6) is 0.774. The first kappa shape index (κ1) is 11.4. The van der Waals surface area contributed by atoms with Crippen molar-refractivity contribution in [3.63, 3.8) is 0 Å². The maximum atomic E-state index is 10.9. The predicted octanol–water partition coefficient (Wildman–Crippen LogP) is 3.29. The normalized spacial score (nSPS) is 10.1. The van der Waals surface area contributed by atoms with Crippen LogP contribution in [0.4, 0.5) is 0 Å². The molecule has 0 spiro atoms. The van der Waals surface area contributed by atoms with Crippen molar-refractivity contribution >= 4 is 29.3 Å². The molecule has 1 aromatic carbocycles. The van der Waals surface area contributed by atoms with E-state index in [0.29, 0.717) is 10.6 Å². The number of carboxylic acids is 1. The first-order chi connectivity index (χ1) is 6.65. The van der Waals surface area contributed by atoms with Crippen molar-refractivity contribution in [2.75, 3.05) is 5.75 Å². The topological polar surface area (TPSA) is 37.3 Å². The van der Waals surface area contributed by atoms with Crippen LogP contribution in [-0.2, 0) is 5.75 Å². The lowest BCUT2D eigenvalue weighted by Crippen LogP contribution is -2.01. The highest BCUT2D eigenvalue weighted by Gasteiger charge is 2.09. The molecule has 0 atom stereocenters. The Labute approximate surface area is 92.3 Å². The molecule has 0 aliphatic rings. The SMILES string of the molecule is CCSCc1ccc(Cl)cc1C(=O)O. The largest absolute Gasteiger partial charge is 0.478 e. The first-order valence-corrected chi connectivity index (χ1v) is 5.78. The zero-order chi connectivity index (χ0) is 10.6. The molecular weight excluding hydrogens is 220 g/mol. The van der Waals surface area contributed by atoms with Crippen LogP contribution in [0.5, 0.6) is 0 Å². The maximum absolute atomic E-state index is 10.9. The second kappa shape index (κ2) is 5.27. The number of halogens is 1. The Hall–Kier alpha value is -0.670. The summed E-state index contributed by atoms with van der Waals surface area (Å²) < 4.78 is 0. The van der Waals surface area contributed by atoms with Crippen molar-refractivity contribution in [3.05, 3.63) is 34.3 Å². The summed E-state index contributed by atoms with van der Waals surface area (Å²) in [5, 5.41) is 9.39. The molecule has 0 radical (unpaired) electrons. The van der Waals surface area contributed by atoms with Gasteiger partial charge in [0, 0.05) is 10.8 Å². The molecule has 1 N–H and O–H groups in total. The smallest absolute Gasteiger partial charge is 0.336 e. The van der Waals surface area contributed by atoms with Gasteiger partial charge < -0.3 is 5.11 Å². The zero-order valence-corrected chi connectivity index (χ0v) is 9.36. The fraction of sp³-hybridized carbons (Fsp3) is 0.300. The monoisotopic (exact) mass is 230 g/mol. The molecular formula is C10H11ClO2S. The number of aromatic carboxylic acids is 1. The summed E-state index contributed by atoms with van der Waals surface area (Å²) in [6.07, 6.45) is 0. The molecule has 0 aliphatic carbocycles. The molecule has 2 nitrogen and oxygen atoms in total. The van der Waals surface area contributed by atoms with Crippen molar-refractivity contribution in [2.24, 2.45) is 0 Å². The highest BCUT2D eigenvalue weighted by molar-refractivity contribution is 7.98. The third kappa shape index (κ3) is 2.93. The Bertz CT molecular complexity index is 339. The van der Waals surface area contributed by atoms with Gasteiger partial charge in [-0.05, 0) is 23.4 Å². The van der Waals surface area contributed by atoms with E-state index >= 15 is 0 Å². The molecule has 0 saturated heterocycles. The van der Waals surface area contributed by atoms with E-state index in [-0.39, 0.29) is 0 Å². The molecule has 0 amide bonds. The Morgan fingerprint density at radius 2 is 2.29 bits per heavy atom. The molecule has 1 aromatic rings. The van der Waals surface area contributed by atoms with E-state index in [1.807, 2.05) is 6.92 Å². The van der Waals surface area contributed by atoms with E-state index in [9.17, 15) is 4.79 Å². The van der Waals surface area contributed by atoms with Gasteiger partial charge in [0.1, 0.15) is 0 Å². The highest BCUT2D eigenvalue weighted by atomic mass is 35.5. The van der Waals surface area contributed by atoms with Gasteiger partial charge in [-0.3, -0.25) is 0 Å². The number of hydrogen-bond acceptors (Lipinski definition) is 2. The molecule has 0 bridgehead atoms. The minimum absolute atomic E-state index is 0.304. The van der Waals surface area contributed by atoms with Gasteiger partial charge in [0.2, 0.25) is 0 Å². The molecule has 0 aromatic heterocycles. The number of carbonyl (C=O) groups is 1. The molecule has 14 heavy (non-hydrogen) atoms. The van der Waals surface area contributed by atoms with Crippen LogP contribution in [0.25, 0.3) is 0 Å². The molecule has 0 fully saturated rings. The average Bonchev–Trinajstić information content (AvgIpc) is 2.15. The second-order valence-corrected chi connectivity index (χ2v) is 4.45. The third-order valence-corrected chi connectivity index (χ3v) is 2.92. The Morgan fingerprint density at radius 3 is 2.86 bits per heavy atom. The van der Waals surface area contributed by atoms with Gasteiger partial charge in [-0.25, -0.2) is 4.79 Å². The lowest BCUT2D eigenvalue weighted by molar-refractivity contribution is 0.0696. The highest BCUT2D eigenvalue weighted by Crippen LogP contribution is 2.20. The summed E-state index contributed by atoms with van der Waals surface area (Å²) in [5.41, 5.74) is 1.13. The molecule has 4 heteroatoms. The van der Waals surface area contributed by atoms with Gasteiger partial charge in [-0.2, -0.15) is 11.8 Å². The van der Waals surface area contributed by atoms with Crippen LogP contribution in [0.3, 0.4) is 0 Å². The summed E-state index contributed by atoms with van der Waals surface area (Å²) in [4.78, 5) is 10.9. The Balaban J connectivity index is 2.96. The van der Waals surface area contributed by atoms with Gasteiger partial charge in [-0.15, -0.1) is 0 Å². The Kier molecular flexibility index (Phi) is 4.29. The van der Waals surface area contributed by atoms with E-state index in [0.717, 1.165) is 17.1 Å². The van der Waals surface area contributed by atoms with E-state index in [1.165, 1.54) is 6.07 Å². The number of benzene rings is 1. The number of hydrogen-bond donors (Lipinski definition) is 1. The predicted molar refractivity (Wildman–Crippen MR) is 60.2 cm³/mol. The van der Waals surface area contributed by atoms with Gasteiger partial charge in [-0.1, -0.05) is 24.6 Å². The lowest BCUT2D eigenvalue weighted by Gasteiger charge is -2.05. The van der Waals surface area contributed by atoms with Gasteiger partial charge in [0.15, 0.2) is 0 Å².